The molecule has 2 nitrogen and oxygen atoms in total. The second kappa shape index (κ2) is 6.55. The third-order valence-corrected chi connectivity index (χ3v) is 2.91. The molecule has 2 aromatic carbocycles. The molecule has 0 amide bonds. The van der Waals surface area contributed by atoms with Gasteiger partial charge < -0.3 is 9.47 Å². The lowest BCUT2D eigenvalue weighted by Crippen LogP contribution is -1.94. The molecule has 0 aliphatic carbocycles. The van der Waals surface area contributed by atoms with Crippen molar-refractivity contribution in [1.82, 2.24) is 0 Å². The number of rotatable bonds is 5. The van der Waals surface area contributed by atoms with Crippen molar-refractivity contribution in [2.75, 3.05) is 7.11 Å². The van der Waals surface area contributed by atoms with Crippen LogP contribution in [0, 0.1) is 5.82 Å². The highest BCUT2D eigenvalue weighted by molar-refractivity contribution is 6.17. The van der Waals surface area contributed by atoms with Crippen LogP contribution in [-0.2, 0) is 17.2 Å². The van der Waals surface area contributed by atoms with Crippen molar-refractivity contribution in [1.29, 1.82) is 0 Å². The molecule has 0 aliphatic rings. The van der Waals surface area contributed by atoms with Crippen LogP contribution in [-0.4, -0.2) is 7.11 Å². The molecule has 0 fully saturated rings. The van der Waals surface area contributed by atoms with Crippen molar-refractivity contribution in [3.8, 4) is 11.5 Å². The lowest BCUT2D eigenvalue weighted by Gasteiger charge is -2.11. The van der Waals surface area contributed by atoms with E-state index in [0.717, 1.165) is 5.56 Å². The zero-order valence-electron chi connectivity index (χ0n) is 10.5. The van der Waals surface area contributed by atoms with Gasteiger partial charge in [-0.3, -0.25) is 0 Å². The second-order valence-electron chi connectivity index (χ2n) is 4.03. The van der Waals surface area contributed by atoms with Crippen LogP contribution in [0.4, 0.5) is 4.39 Å². The van der Waals surface area contributed by atoms with Crippen LogP contribution in [0.2, 0.25) is 0 Å². The number of hydrogen-bond donors (Lipinski definition) is 0. The summed E-state index contributed by atoms with van der Waals surface area (Å²) in [5, 5.41) is 0. The molecule has 2 aromatic rings. The summed E-state index contributed by atoms with van der Waals surface area (Å²) < 4.78 is 24.3. The molecule has 0 bridgehead atoms. The van der Waals surface area contributed by atoms with Crippen molar-refractivity contribution >= 4 is 11.6 Å². The minimum Gasteiger partial charge on any atom is -0.457 e. The molecule has 4 heteroatoms. The van der Waals surface area contributed by atoms with Crippen LogP contribution in [0.3, 0.4) is 0 Å². The minimum atomic E-state index is -0.361. The summed E-state index contributed by atoms with van der Waals surface area (Å²) in [6.07, 6.45) is 0. The van der Waals surface area contributed by atoms with Crippen LogP contribution in [0.15, 0.2) is 42.5 Å². The molecule has 100 valence electrons. The predicted molar refractivity (Wildman–Crippen MR) is 73.2 cm³/mol. The van der Waals surface area contributed by atoms with E-state index < -0.39 is 0 Å². The Kier molecular flexibility index (Phi) is 4.77. The molecule has 0 heterocycles. The number of hydrogen-bond acceptors (Lipinski definition) is 2. The Hall–Kier alpha value is -1.58. The van der Waals surface area contributed by atoms with Crippen LogP contribution < -0.4 is 4.74 Å². The average Bonchev–Trinajstić information content (AvgIpc) is 2.40. The maximum Gasteiger partial charge on any atom is 0.134 e. The van der Waals surface area contributed by atoms with E-state index >= 15 is 0 Å². The van der Waals surface area contributed by atoms with Gasteiger partial charge in [0.1, 0.15) is 17.3 Å². The summed E-state index contributed by atoms with van der Waals surface area (Å²) in [5.74, 6) is 0.774. The monoisotopic (exact) mass is 280 g/mol. The molecule has 0 radical (unpaired) electrons. The van der Waals surface area contributed by atoms with Crippen LogP contribution >= 0.6 is 11.6 Å². The quantitative estimate of drug-likeness (QED) is 0.751. The van der Waals surface area contributed by atoms with Gasteiger partial charge in [-0.25, -0.2) is 4.39 Å². The molecule has 0 spiro atoms. The van der Waals surface area contributed by atoms with Crippen molar-refractivity contribution in [3.63, 3.8) is 0 Å². The number of halogens is 2. The molecule has 0 aliphatic heterocycles. The lowest BCUT2D eigenvalue weighted by molar-refractivity contribution is 0.184. The van der Waals surface area contributed by atoms with Gasteiger partial charge in [-0.05, 0) is 29.8 Å². The van der Waals surface area contributed by atoms with Gasteiger partial charge >= 0.3 is 0 Å². The Morgan fingerprint density at radius 1 is 1.16 bits per heavy atom. The van der Waals surface area contributed by atoms with Crippen molar-refractivity contribution < 1.29 is 13.9 Å². The van der Waals surface area contributed by atoms with Gasteiger partial charge in [-0.15, -0.1) is 11.6 Å². The fourth-order valence-electron chi connectivity index (χ4n) is 1.76. The Morgan fingerprint density at radius 3 is 2.68 bits per heavy atom. The topological polar surface area (TPSA) is 18.5 Å². The molecule has 0 saturated carbocycles. The first kappa shape index (κ1) is 13.8. The number of ether oxygens (including phenoxy) is 2. The van der Waals surface area contributed by atoms with Gasteiger partial charge in [-0.1, -0.05) is 18.2 Å². The number of methoxy groups -OCH3 is 1. The van der Waals surface area contributed by atoms with Gasteiger partial charge in [0.15, 0.2) is 0 Å². The normalized spacial score (nSPS) is 10.5. The maximum absolute atomic E-state index is 13.6. The van der Waals surface area contributed by atoms with Gasteiger partial charge in [0.2, 0.25) is 0 Å². The van der Waals surface area contributed by atoms with E-state index in [1.165, 1.54) is 6.07 Å². The predicted octanol–water partition coefficient (Wildman–Crippen LogP) is 4.50. The van der Waals surface area contributed by atoms with Crippen LogP contribution in [0.5, 0.6) is 11.5 Å². The highest BCUT2D eigenvalue weighted by atomic mass is 35.5. The summed E-state index contributed by atoms with van der Waals surface area (Å²) in [5.41, 5.74) is 1.35. The standard InChI is InChI=1S/C15H14ClFO2/c1-18-10-11-4-2-5-12(8-11)19-15-7-3-6-14(17)13(15)9-16/h2-8H,9-10H2,1H3. The van der Waals surface area contributed by atoms with E-state index in [2.05, 4.69) is 0 Å². The van der Waals surface area contributed by atoms with Crippen molar-refractivity contribution in [2.45, 2.75) is 12.5 Å². The average molecular weight is 281 g/mol. The highest BCUT2D eigenvalue weighted by Gasteiger charge is 2.09. The summed E-state index contributed by atoms with van der Waals surface area (Å²) >= 11 is 5.74. The lowest BCUT2D eigenvalue weighted by atomic mass is 10.2. The molecular formula is C15H14ClFO2. The van der Waals surface area contributed by atoms with Crippen LogP contribution in [0.25, 0.3) is 0 Å². The largest absolute Gasteiger partial charge is 0.457 e. The smallest absolute Gasteiger partial charge is 0.134 e. The SMILES string of the molecule is COCc1cccc(Oc2cccc(F)c2CCl)c1. The zero-order chi connectivity index (χ0) is 13.7. The Labute approximate surface area is 116 Å². The Bertz CT molecular complexity index is 558. The van der Waals surface area contributed by atoms with E-state index in [4.69, 9.17) is 21.1 Å². The highest BCUT2D eigenvalue weighted by Crippen LogP contribution is 2.28. The summed E-state index contributed by atoms with van der Waals surface area (Å²) in [6.45, 7) is 0.503. The van der Waals surface area contributed by atoms with Gasteiger partial charge in [0, 0.05) is 12.7 Å². The third-order valence-electron chi connectivity index (χ3n) is 2.65. The van der Waals surface area contributed by atoms with Crippen LogP contribution in [0.1, 0.15) is 11.1 Å². The van der Waals surface area contributed by atoms with E-state index in [-0.39, 0.29) is 11.7 Å². The summed E-state index contributed by atoms with van der Waals surface area (Å²) in [7, 11) is 1.63. The fraction of sp³-hybridized carbons (Fsp3) is 0.200. The first-order chi connectivity index (χ1) is 9.24. The molecule has 19 heavy (non-hydrogen) atoms. The fourth-order valence-corrected chi connectivity index (χ4v) is 2.02. The molecule has 0 aromatic heterocycles. The summed E-state index contributed by atoms with van der Waals surface area (Å²) in [6, 6.07) is 12.1. The van der Waals surface area contributed by atoms with E-state index in [9.17, 15) is 4.39 Å². The van der Waals surface area contributed by atoms with Crippen molar-refractivity contribution in [3.05, 3.63) is 59.4 Å². The molecule has 0 saturated heterocycles. The molecule has 0 atom stereocenters. The van der Waals surface area contributed by atoms with Crippen molar-refractivity contribution in [2.24, 2.45) is 0 Å². The maximum atomic E-state index is 13.6. The minimum absolute atomic E-state index is 0.0692. The molecular weight excluding hydrogens is 267 g/mol. The van der Waals surface area contributed by atoms with E-state index in [0.29, 0.717) is 23.7 Å². The van der Waals surface area contributed by atoms with E-state index in [1.807, 2.05) is 24.3 Å². The number of alkyl halides is 1. The third kappa shape index (κ3) is 3.46. The van der Waals surface area contributed by atoms with Gasteiger partial charge in [-0.2, -0.15) is 0 Å². The van der Waals surface area contributed by atoms with Gasteiger partial charge in [0.25, 0.3) is 0 Å². The Morgan fingerprint density at radius 2 is 1.95 bits per heavy atom. The first-order valence-corrected chi connectivity index (χ1v) is 6.37. The summed E-state index contributed by atoms with van der Waals surface area (Å²) in [4.78, 5) is 0. The molecule has 2 rings (SSSR count). The number of benzene rings is 2. The Balaban J connectivity index is 2.26. The zero-order valence-corrected chi connectivity index (χ0v) is 11.3. The van der Waals surface area contributed by atoms with E-state index in [1.54, 1.807) is 19.2 Å². The second-order valence-corrected chi connectivity index (χ2v) is 4.30. The van der Waals surface area contributed by atoms with Gasteiger partial charge in [0.05, 0.1) is 12.5 Å². The molecule has 0 unspecified atom stereocenters. The first-order valence-electron chi connectivity index (χ1n) is 5.83. The molecule has 0 N–H and O–H groups in total.